The first-order valence-corrected chi connectivity index (χ1v) is 2.73. The summed E-state index contributed by atoms with van der Waals surface area (Å²) in [5, 5.41) is 0. The zero-order chi connectivity index (χ0) is 4.83. The van der Waals surface area contributed by atoms with Gasteiger partial charge in [-0.25, -0.2) is 0 Å². The van der Waals surface area contributed by atoms with Crippen LogP contribution in [0.15, 0.2) is 0 Å². The monoisotopic (exact) mass is 106 g/mol. The van der Waals surface area contributed by atoms with Crippen molar-refractivity contribution in [3.05, 3.63) is 0 Å². The van der Waals surface area contributed by atoms with Gasteiger partial charge in [0.1, 0.15) is 0 Å². The molecule has 0 amide bonds. The van der Waals surface area contributed by atoms with E-state index in [2.05, 4.69) is 19.6 Å². The summed E-state index contributed by atoms with van der Waals surface area (Å²) in [7, 11) is 0. The quantitative estimate of drug-likeness (QED) is 0.324. The van der Waals surface area contributed by atoms with E-state index in [0.717, 1.165) is 13.0 Å². The zero-order valence-corrected chi connectivity index (χ0v) is 4.87. The highest BCUT2D eigenvalue weighted by Crippen LogP contribution is 1.79. The van der Waals surface area contributed by atoms with Gasteiger partial charge >= 0.3 is 0 Å². The maximum absolute atomic E-state index is 4.85. The molecule has 1 nitrogen and oxygen atoms in total. The minimum Gasteiger partial charge on any atom is -0.371 e. The van der Waals surface area contributed by atoms with E-state index in [4.69, 9.17) is 4.74 Å². The van der Waals surface area contributed by atoms with Gasteiger partial charge in [0.15, 0.2) is 0 Å². The second-order valence-corrected chi connectivity index (χ2v) is 1.30. The minimum atomic E-state index is 0.549. The molecule has 0 unspecified atom stereocenters. The fourth-order valence-corrected chi connectivity index (χ4v) is 0.338. The van der Waals surface area contributed by atoms with Gasteiger partial charge < -0.3 is 4.74 Å². The molecule has 0 N–H and O–H groups in total. The van der Waals surface area contributed by atoms with Gasteiger partial charge in [0, 0.05) is 6.61 Å². The molecule has 2 heteroatoms. The highest BCUT2D eigenvalue weighted by molar-refractivity contribution is 7.80. The molecule has 0 saturated heterocycles. The van der Waals surface area contributed by atoms with Crippen LogP contribution >= 0.6 is 12.6 Å². The molecule has 0 radical (unpaired) electrons. The van der Waals surface area contributed by atoms with Crippen LogP contribution in [0.25, 0.3) is 0 Å². The molecule has 0 aliphatic carbocycles. The number of rotatable bonds is 3. The summed E-state index contributed by atoms with van der Waals surface area (Å²) in [5.74, 6) is 0.549. The van der Waals surface area contributed by atoms with Crippen LogP contribution in [0.3, 0.4) is 0 Å². The lowest BCUT2D eigenvalue weighted by molar-refractivity contribution is 0.184. The maximum atomic E-state index is 4.85. The minimum absolute atomic E-state index is 0.549. The number of ether oxygens (including phenoxy) is 1. The Labute approximate surface area is 44.1 Å². The van der Waals surface area contributed by atoms with Crippen molar-refractivity contribution in [2.24, 2.45) is 0 Å². The summed E-state index contributed by atoms with van der Waals surface area (Å²) in [4.78, 5) is 0. The molecule has 0 aromatic heterocycles. The Morgan fingerprint density at radius 1 is 1.67 bits per heavy atom. The summed E-state index contributed by atoms with van der Waals surface area (Å²) in [6, 6.07) is 0. The number of hydrogen-bond donors (Lipinski definition) is 1. The van der Waals surface area contributed by atoms with Crippen LogP contribution in [0, 0.1) is 0 Å². The molecule has 0 aliphatic rings. The molecule has 38 valence electrons. The third-order valence-electron chi connectivity index (χ3n) is 0.440. The fourth-order valence-electron chi connectivity index (χ4n) is 0.209. The molecular weight excluding hydrogens is 96.1 g/mol. The molecular formula is C4H10OS. The van der Waals surface area contributed by atoms with Crippen LogP contribution in [-0.2, 0) is 4.74 Å². The van der Waals surface area contributed by atoms with Crippen molar-refractivity contribution in [2.45, 2.75) is 13.3 Å². The van der Waals surface area contributed by atoms with Gasteiger partial charge in [0.2, 0.25) is 0 Å². The SMILES string of the molecule is CCCOCS. The maximum Gasteiger partial charge on any atom is 0.0892 e. The van der Waals surface area contributed by atoms with Gasteiger partial charge in [-0.15, -0.1) is 0 Å². The second-order valence-electron chi connectivity index (χ2n) is 1.04. The summed E-state index contributed by atoms with van der Waals surface area (Å²) in [6.45, 7) is 2.91. The number of thiol groups is 1. The lowest BCUT2D eigenvalue weighted by atomic mass is 10.5. The Bertz CT molecular complexity index is 19.5. The molecule has 0 aromatic rings. The largest absolute Gasteiger partial charge is 0.371 e. The summed E-state index contributed by atoms with van der Waals surface area (Å²) in [6.07, 6.45) is 1.08. The van der Waals surface area contributed by atoms with Crippen molar-refractivity contribution in [1.82, 2.24) is 0 Å². The van der Waals surface area contributed by atoms with E-state index in [9.17, 15) is 0 Å². The van der Waals surface area contributed by atoms with Crippen molar-refractivity contribution >= 4 is 12.6 Å². The molecule has 0 heterocycles. The zero-order valence-electron chi connectivity index (χ0n) is 3.98. The Morgan fingerprint density at radius 2 is 2.33 bits per heavy atom. The van der Waals surface area contributed by atoms with E-state index in [1.807, 2.05) is 0 Å². The molecule has 0 atom stereocenters. The van der Waals surface area contributed by atoms with E-state index in [-0.39, 0.29) is 0 Å². The molecule has 0 bridgehead atoms. The molecule has 0 saturated carbocycles. The highest BCUT2D eigenvalue weighted by atomic mass is 32.1. The smallest absolute Gasteiger partial charge is 0.0892 e. The highest BCUT2D eigenvalue weighted by Gasteiger charge is 1.73. The molecule has 0 rings (SSSR count). The lowest BCUT2D eigenvalue weighted by Crippen LogP contribution is -1.86. The first-order chi connectivity index (χ1) is 2.91. The summed E-state index contributed by atoms with van der Waals surface area (Å²) >= 11 is 3.83. The van der Waals surface area contributed by atoms with Crippen LogP contribution in [0.4, 0.5) is 0 Å². The van der Waals surface area contributed by atoms with E-state index in [0.29, 0.717) is 5.94 Å². The van der Waals surface area contributed by atoms with Crippen LogP contribution < -0.4 is 0 Å². The van der Waals surface area contributed by atoms with Crippen molar-refractivity contribution in [1.29, 1.82) is 0 Å². The molecule has 0 spiro atoms. The van der Waals surface area contributed by atoms with Gasteiger partial charge in [-0.2, -0.15) is 12.6 Å². The van der Waals surface area contributed by atoms with Gasteiger partial charge in [-0.05, 0) is 6.42 Å². The predicted octanol–water partition coefficient (Wildman–Crippen LogP) is 1.30. The first kappa shape index (κ1) is 6.31. The third kappa shape index (κ3) is 4.31. The average molecular weight is 106 g/mol. The van der Waals surface area contributed by atoms with Gasteiger partial charge in [-0.1, -0.05) is 6.92 Å². The van der Waals surface area contributed by atoms with Crippen molar-refractivity contribution < 1.29 is 4.74 Å². The third-order valence-corrected chi connectivity index (χ3v) is 0.622. The summed E-state index contributed by atoms with van der Waals surface area (Å²) in [5.41, 5.74) is 0. The van der Waals surface area contributed by atoms with Crippen LogP contribution in [-0.4, -0.2) is 12.5 Å². The Hall–Kier alpha value is 0.310. The first-order valence-electron chi connectivity index (χ1n) is 2.10. The van der Waals surface area contributed by atoms with Crippen LogP contribution in [0.1, 0.15) is 13.3 Å². The topological polar surface area (TPSA) is 9.23 Å². The molecule has 0 aromatic carbocycles. The second kappa shape index (κ2) is 5.31. The van der Waals surface area contributed by atoms with E-state index >= 15 is 0 Å². The van der Waals surface area contributed by atoms with Gasteiger partial charge in [0.05, 0.1) is 5.94 Å². The fraction of sp³-hybridized carbons (Fsp3) is 1.00. The molecule has 0 fully saturated rings. The van der Waals surface area contributed by atoms with Crippen LogP contribution in [0.2, 0.25) is 0 Å². The van der Waals surface area contributed by atoms with Crippen molar-refractivity contribution in [2.75, 3.05) is 12.5 Å². The van der Waals surface area contributed by atoms with E-state index < -0.39 is 0 Å². The summed E-state index contributed by atoms with van der Waals surface area (Å²) < 4.78 is 4.85. The average Bonchev–Trinajstić information content (AvgIpc) is 1.61. The molecule has 6 heavy (non-hydrogen) atoms. The van der Waals surface area contributed by atoms with Gasteiger partial charge in [-0.3, -0.25) is 0 Å². The van der Waals surface area contributed by atoms with Crippen LogP contribution in [0.5, 0.6) is 0 Å². The predicted molar refractivity (Wildman–Crippen MR) is 30.1 cm³/mol. The Kier molecular flexibility index (Phi) is 5.58. The van der Waals surface area contributed by atoms with Crippen molar-refractivity contribution in [3.8, 4) is 0 Å². The number of hydrogen-bond acceptors (Lipinski definition) is 2. The normalized spacial score (nSPS) is 9.00. The Morgan fingerprint density at radius 3 is 2.50 bits per heavy atom. The Balaban J connectivity index is 2.34. The van der Waals surface area contributed by atoms with Crippen molar-refractivity contribution in [3.63, 3.8) is 0 Å². The van der Waals surface area contributed by atoms with E-state index in [1.165, 1.54) is 0 Å². The van der Waals surface area contributed by atoms with Gasteiger partial charge in [0.25, 0.3) is 0 Å². The standard InChI is InChI=1S/C4H10OS/c1-2-3-5-4-6/h6H,2-4H2,1H3. The lowest BCUT2D eigenvalue weighted by Gasteiger charge is -1.90. The van der Waals surface area contributed by atoms with E-state index in [1.54, 1.807) is 0 Å². The molecule has 0 aliphatic heterocycles.